The zero-order valence-corrected chi connectivity index (χ0v) is 26.3. The number of nitrogens with two attached hydrogens (primary N) is 1. The van der Waals surface area contributed by atoms with Gasteiger partial charge in [0.1, 0.15) is 17.0 Å². The molecule has 0 saturated heterocycles. The number of halogens is 6. The molecule has 0 aliphatic rings. The van der Waals surface area contributed by atoms with Crippen LogP contribution in [0.3, 0.4) is 0 Å². The highest BCUT2D eigenvalue weighted by Gasteiger charge is 2.34. The predicted octanol–water partition coefficient (Wildman–Crippen LogP) is 6.48. The highest BCUT2D eigenvalue weighted by atomic mass is 19.4. The van der Waals surface area contributed by atoms with Gasteiger partial charge in [0.25, 0.3) is 5.91 Å². The lowest BCUT2D eigenvalue weighted by Gasteiger charge is -2.19. The third-order valence-corrected chi connectivity index (χ3v) is 6.23. The van der Waals surface area contributed by atoms with E-state index in [0.29, 0.717) is 11.9 Å². The van der Waals surface area contributed by atoms with E-state index in [1.807, 2.05) is 5.32 Å². The molecule has 4 rings (SSSR count). The number of carbonyl (C=O) groups is 3. The minimum atomic E-state index is -4.82. The van der Waals surface area contributed by atoms with Crippen molar-refractivity contribution in [3.05, 3.63) is 71.5 Å². The van der Waals surface area contributed by atoms with Gasteiger partial charge in [-0.15, -0.1) is 13.2 Å². The minimum Gasteiger partial charge on any atom is -0.461 e. The van der Waals surface area contributed by atoms with Gasteiger partial charge in [0.05, 0.1) is 12.2 Å². The zero-order valence-electron chi connectivity index (χ0n) is 26.3. The lowest BCUT2D eigenvalue weighted by atomic mass is 10.1. The standard InChI is InChI=1S/C20H25F3N2O4.C11H9F3N4O/c1-5-28-17(26)16-12-13-14(20(21,22)23)8-6-9-15(13)25(16)11-7-10-24-18(27)29-19(2,3)4;12-11(13,14)18-10(15)17-9(19)8-5-6-3-1-2-4-7(6)16-8/h6,8-9,12H,5,7,10-11H2,1-4H3,(H,24,27);1-5,16H,(H3,15,17,18,19). The molecule has 0 fully saturated rings. The molecule has 2 amide bonds. The molecule has 2 aromatic heterocycles. The topological polar surface area (TPSA) is 153 Å². The van der Waals surface area contributed by atoms with Crippen LogP contribution in [-0.4, -0.2) is 58.5 Å². The molecule has 5 N–H and O–H groups in total. The number of benzene rings is 2. The molecule has 260 valence electrons. The van der Waals surface area contributed by atoms with Crippen LogP contribution in [0.15, 0.2) is 59.6 Å². The summed E-state index contributed by atoms with van der Waals surface area (Å²) in [4.78, 5) is 40.6. The first-order valence-electron chi connectivity index (χ1n) is 14.4. The van der Waals surface area contributed by atoms with Gasteiger partial charge in [-0.05, 0) is 64.4 Å². The smallest absolute Gasteiger partial charge is 0.461 e. The van der Waals surface area contributed by atoms with Gasteiger partial charge in [-0.1, -0.05) is 24.3 Å². The first-order valence-corrected chi connectivity index (χ1v) is 14.4. The summed E-state index contributed by atoms with van der Waals surface area (Å²) in [6.07, 6.45) is -9.57. The summed E-state index contributed by atoms with van der Waals surface area (Å²) in [6.45, 7) is 7.39. The summed E-state index contributed by atoms with van der Waals surface area (Å²) >= 11 is 0. The normalized spacial score (nSPS) is 12.3. The van der Waals surface area contributed by atoms with E-state index >= 15 is 0 Å². The minimum absolute atomic E-state index is 0.0378. The largest absolute Gasteiger partial charge is 0.506 e. The second kappa shape index (κ2) is 15.1. The fourth-order valence-electron chi connectivity index (χ4n) is 4.43. The van der Waals surface area contributed by atoms with Gasteiger partial charge in [-0.25, -0.2) is 9.59 Å². The van der Waals surface area contributed by atoms with Crippen molar-refractivity contribution in [1.29, 1.82) is 0 Å². The Labute approximate surface area is 270 Å². The number of rotatable bonds is 7. The number of hydrogen-bond acceptors (Lipinski definition) is 6. The summed E-state index contributed by atoms with van der Waals surface area (Å²) < 4.78 is 87.4. The summed E-state index contributed by atoms with van der Waals surface area (Å²) in [6, 6.07) is 13.5. The summed E-state index contributed by atoms with van der Waals surface area (Å²) in [5.74, 6) is -2.49. The first-order chi connectivity index (χ1) is 22.3. The highest BCUT2D eigenvalue weighted by molar-refractivity contribution is 6.06. The van der Waals surface area contributed by atoms with E-state index in [0.717, 1.165) is 11.5 Å². The Balaban J connectivity index is 0.000000284. The molecule has 17 heteroatoms. The third kappa shape index (κ3) is 10.7. The molecule has 11 nitrogen and oxygen atoms in total. The van der Waals surface area contributed by atoms with Gasteiger partial charge in [0, 0.05) is 34.9 Å². The van der Waals surface area contributed by atoms with Crippen molar-refractivity contribution in [2.45, 2.75) is 58.7 Å². The number of fused-ring (bicyclic) bond motifs is 2. The number of aromatic nitrogens is 2. The average molecular weight is 685 g/mol. The Bertz CT molecular complexity index is 1750. The first kappa shape index (κ1) is 37.2. The Morgan fingerprint density at radius 2 is 1.67 bits per heavy atom. The number of carbonyl (C=O) groups excluding carboxylic acids is 3. The summed E-state index contributed by atoms with van der Waals surface area (Å²) in [5.41, 5.74) is 4.64. The van der Waals surface area contributed by atoms with Gasteiger partial charge in [-0.3, -0.25) is 10.1 Å². The molecule has 0 aliphatic carbocycles. The van der Waals surface area contributed by atoms with Crippen molar-refractivity contribution in [1.82, 2.24) is 20.2 Å². The SMILES string of the molecule is CCOC(=O)c1cc2c(C(F)(F)F)cccc2n1CCCNC(=O)OC(C)(C)C.NC(=NC(F)(F)F)NC(=O)c1cc2ccccc2[nH]1. The van der Waals surface area contributed by atoms with Gasteiger partial charge >= 0.3 is 24.5 Å². The number of alkyl carbamates (subject to hydrolysis) is 1. The zero-order chi connectivity index (χ0) is 35.9. The maximum atomic E-state index is 13.4. The lowest BCUT2D eigenvalue weighted by molar-refractivity contribution is -0.136. The van der Waals surface area contributed by atoms with Crippen LogP contribution in [0, 0.1) is 0 Å². The molecule has 0 aliphatic heterocycles. The number of guanidine groups is 1. The van der Waals surface area contributed by atoms with E-state index in [4.69, 9.17) is 15.2 Å². The molecule has 0 unspecified atom stereocenters. The van der Waals surface area contributed by atoms with E-state index in [1.54, 1.807) is 52.0 Å². The van der Waals surface area contributed by atoms with Crippen LogP contribution >= 0.6 is 0 Å². The van der Waals surface area contributed by atoms with Crippen LogP contribution < -0.4 is 16.4 Å². The number of nitrogens with one attached hydrogen (secondary N) is 3. The fourth-order valence-corrected chi connectivity index (χ4v) is 4.43. The molecule has 4 aromatic rings. The van der Waals surface area contributed by atoms with Crippen molar-refractivity contribution in [3.63, 3.8) is 0 Å². The van der Waals surface area contributed by atoms with E-state index in [1.165, 1.54) is 28.8 Å². The van der Waals surface area contributed by atoms with Crippen molar-refractivity contribution in [3.8, 4) is 0 Å². The van der Waals surface area contributed by atoms with Gasteiger partial charge in [0.15, 0.2) is 0 Å². The van der Waals surface area contributed by atoms with E-state index in [9.17, 15) is 40.7 Å². The van der Waals surface area contributed by atoms with Crippen LogP contribution in [0.2, 0.25) is 0 Å². The Hall–Kier alpha value is -5.22. The van der Waals surface area contributed by atoms with Crippen LogP contribution in [-0.2, 0) is 22.2 Å². The number of aliphatic imine (C=N–C) groups is 1. The van der Waals surface area contributed by atoms with Crippen molar-refractivity contribution >= 4 is 45.7 Å². The number of hydrogen-bond donors (Lipinski definition) is 4. The number of aromatic amines is 1. The molecule has 2 aromatic carbocycles. The molecule has 0 saturated carbocycles. The Morgan fingerprint density at radius 3 is 2.27 bits per heavy atom. The molecule has 48 heavy (non-hydrogen) atoms. The van der Waals surface area contributed by atoms with E-state index in [-0.39, 0.29) is 42.0 Å². The molecule has 0 radical (unpaired) electrons. The number of nitrogens with zero attached hydrogens (tertiary/aromatic N) is 2. The highest BCUT2D eigenvalue weighted by Crippen LogP contribution is 2.36. The number of H-pyrrole nitrogens is 1. The molecule has 0 bridgehead atoms. The molecule has 0 atom stereocenters. The predicted molar refractivity (Wildman–Crippen MR) is 165 cm³/mol. The van der Waals surface area contributed by atoms with Gasteiger partial charge in [-0.2, -0.15) is 18.2 Å². The lowest BCUT2D eigenvalue weighted by Crippen LogP contribution is -2.38. The van der Waals surface area contributed by atoms with Gasteiger partial charge in [0.2, 0.25) is 5.96 Å². The number of ether oxygens (including phenoxy) is 2. The number of para-hydroxylation sites is 1. The van der Waals surface area contributed by atoms with E-state index < -0.39 is 47.6 Å². The molecule has 0 spiro atoms. The van der Waals surface area contributed by atoms with Crippen molar-refractivity contribution in [2.24, 2.45) is 10.7 Å². The van der Waals surface area contributed by atoms with Crippen molar-refractivity contribution < 1.29 is 50.2 Å². The number of amides is 2. The summed E-state index contributed by atoms with van der Waals surface area (Å²) in [5, 5.41) is 5.14. The second-order valence-electron chi connectivity index (χ2n) is 11.1. The number of alkyl halides is 6. The fraction of sp³-hybridized carbons (Fsp3) is 0.355. The summed E-state index contributed by atoms with van der Waals surface area (Å²) in [7, 11) is 0. The Morgan fingerprint density at radius 1 is 0.979 bits per heavy atom. The van der Waals surface area contributed by atoms with Crippen molar-refractivity contribution in [2.75, 3.05) is 13.2 Å². The van der Waals surface area contributed by atoms with Crippen LogP contribution in [0.25, 0.3) is 21.8 Å². The quantitative estimate of drug-likeness (QED) is 0.0437. The average Bonchev–Trinajstić information content (AvgIpc) is 3.55. The molecular weight excluding hydrogens is 650 g/mol. The third-order valence-electron chi connectivity index (χ3n) is 6.23. The van der Waals surface area contributed by atoms with Crippen LogP contribution in [0.4, 0.5) is 31.1 Å². The molecular formula is C31H34F6N6O5. The maximum absolute atomic E-state index is 13.4. The monoisotopic (exact) mass is 684 g/mol. The van der Waals surface area contributed by atoms with Crippen LogP contribution in [0.1, 0.15) is 60.7 Å². The number of aryl methyl sites for hydroxylation is 1. The maximum Gasteiger partial charge on any atom is 0.506 e. The number of esters is 1. The van der Waals surface area contributed by atoms with E-state index in [2.05, 4.69) is 15.3 Å². The molecule has 2 heterocycles. The second-order valence-corrected chi connectivity index (χ2v) is 11.1. The van der Waals surface area contributed by atoms with Crippen LogP contribution in [0.5, 0.6) is 0 Å². The Kier molecular flexibility index (Phi) is 11.7. The van der Waals surface area contributed by atoms with Gasteiger partial charge < -0.3 is 30.1 Å².